The van der Waals surface area contributed by atoms with Gasteiger partial charge in [-0.1, -0.05) is 93.4 Å². The number of rotatable bonds is 12. The van der Waals surface area contributed by atoms with Gasteiger partial charge in [-0.05, 0) is 147 Å². The lowest BCUT2D eigenvalue weighted by molar-refractivity contribution is -0.114. The van der Waals surface area contributed by atoms with Crippen molar-refractivity contribution in [2.45, 2.75) is 159 Å². The van der Waals surface area contributed by atoms with E-state index in [4.69, 9.17) is 20.2 Å². The summed E-state index contributed by atoms with van der Waals surface area (Å²) < 4.78 is 13.1. The van der Waals surface area contributed by atoms with Crippen LogP contribution in [0.15, 0.2) is 76.8 Å². The van der Waals surface area contributed by atoms with Gasteiger partial charge in [0.2, 0.25) is 0 Å². The molecular weight excluding hydrogens is 863 g/mol. The van der Waals surface area contributed by atoms with E-state index >= 15 is 0 Å². The molecule has 10 heteroatoms. The average molecular weight is 938 g/mol. The zero-order valence-electron chi connectivity index (χ0n) is 41.2. The molecule has 8 bridgehead atoms. The van der Waals surface area contributed by atoms with Gasteiger partial charge in [0, 0.05) is 54.2 Å². The molecule has 3 saturated carbocycles. The van der Waals surface area contributed by atoms with Crippen molar-refractivity contribution in [1.29, 1.82) is 0 Å². The quantitative estimate of drug-likeness (QED) is 0.0589. The van der Waals surface area contributed by atoms with Crippen molar-refractivity contribution in [3.05, 3.63) is 111 Å². The van der Waals surface area contributed by atoms with Crippen molar-refractivity contribution in [1.82, 2.24) is 5.32 Å². The molecule has 368 valence electrons. The van der Waals surface area contributed by atoms with Gasteiger partial charge in [-0.3, -0.25) is 4.79 Å². The van der Waals surface area contributed by atoms with Crippen molar-refractivity contribution in [3.8, 4) is 29.1 Å². The van der Waals surface area contributed by atoms with Crippen LogP contribution in [-0.2, 0) is 27.9 Å². The molecule has 3 aromatic carbocycles. The first-order chi connectivity index (χ1) is 33.4. The number of carbonyl (C=O) groups is 1. The van der Waals surface area contributed by atoms with Crippen LogP contribution in [0.2, 0.25) is 0 Å². The summed E-state index contributed by atoms with van der Waals surface area (Å²) in [5.74, 6) is 7.52. The minimum atomic E-state index is -0.894. The topological polar surface area (TPSA) is 167 Å². The molecule has 0 radical (unpaired) electrons. The number of aliphatic imine (C=N–C) groups is 1. The van der Waals surface area contributed by atoms with Crippen molar-refractivity contribution >= 4 is 11.7 Å². The van der Waals surface area contributed by atoms with Crippen molar-refractivity contribution in [2.24, 2.45) is 33.9 Å². The Morgan fingerprint density at radius 2 is 1.81 bits per heavy atom. The molecule has 69 heavy (non-hydrogen) atoms. The second-order valence-electron chi connectivity index (χ2n) is 21.7. The Hall–Kier alpha value is -5.08. The molecular formula is C59H75N3O7. The monoisotopic (exact) mass is 938 g/mol. The summed E-state index contributed by atoms with van der Waals surface area (Å²) in [4.78, 5) is 19.1. The number of benzene rings is 3. The average Bonchev–Trinajstić information content (AvgIpc) is 3.85. The Morgan fingerprint density at radius 3 is 2.57 bits per heavy atom. The molecule has 1 heterocycles. The Morgan fingerprint density at radius 1 is 1.00 bits per heavy atom. The maximum atomic E-state index is 13.7. The van der Waals surface area contributed by atoms with Crippen LogP contribution in [-0.4, -0.2) is 71.2 Å². The zero-order valence-corrected chi connectivity index (χ0v) is 41.2. The van der Waals surface area contributed by atoms with Crippen molar-refractivity contribution in [3.63, 3.8) is 0 Å². The van der Waals surface area contributed by atoms with E-state index in [1.807, 2.05) is 25.1 Å². The third-order valence-electron chi connectivity index (χ3n) is 16.8. The number of nitrogens with zero attached hydrogens (tertiary/aromatic N) is 1. The highest BCUT2D eigenvalue weighted by atomic mass is 16.5. The number of hydrogen-bond donors (Lipinski definition) is 6. The van der Waals surface area contributed by atoms with Crippen LogP contribution >= 0.6 is 0 Å². The summed E-state index contributed by atoms with van der Waals surface area (Å²) >= 11 is 0. The van der Waals surface area contributed by atoms with Crippen LogP contribution in [0.3, 0.4) is 0 Å². The van der Waals surface area contributed by atoms with Crippen LogP contribution in [0.25, 0.3) is 0 Å². The number of carbonyl (C=O) groups excluding carboxylic acids is 1. The summed E-state index contributed by atoms with van der Waals surface area (Å²) in [6.45, 7) is 4.28. The van der Waals surface area contributed by atoms with Crippen LogP contribution in [0, 0.1) is 35.0 Å². The molecule has 5 aliphatic carbocycles. The molecule has 0 amide bonds. The van der Waals surface area contributed by atoms with Crippen LogP contribution in [0.1, 0.15) is 167 Å². The standard InChI is InChI=1S/C59H75N3O7/c1-4-12-39(34-63)28-45(65)20-19-41-31-53(69-47-16-6-7-17-47)56(67)55-48(41)18-11-15-44-32-58(36-64)33-51-49(23-37(2)24-50(51)54(55)52(58)35-68-3)42-26-40(29-46(66)30-42)25-38-13-10-14-43(27-38)59(62-57(60)61-44)21-8-5-9-22-59/h10,13-14,26-31,33,37,44,47,49-50,52,54,63-64,66-67H,4-9,12,15-17,19-25,32,34-36H2,1-3H3,(H3,60,61,62)/b39-28-/t37-,44-,49-,50-,52+,54-,58+/m0/s1. The highest BCUT2D eigenvalue weighted by molar-refractivity contribution is 5.90. The number of phenolic OH excluding ortho intramolecular Hbond substituents is 2. The zero-order chi connectivity index (χ0) is 48.3. The first kappa shape index (κ1) is 48.9. The Labute approximate surface area is 409 Å². The largest absolute Gasteiger partial charge is 0.508 e. The Balaban J connectivity index is 1.30. The molecule has 0 saturated heterocycles. The predicted octanol–water partition coefficient (Wildman–Crippen LogP) is 9.92. The van der Waals surface area contributed by atoms with Crippen molar-refractivity contribution < 1.29 is 34.7 Å². The fourth-order valence-corrected chi connectivity index (χ4v) is 13.7. The lowest BCUT2D eigenvalue weighted by atomic mass is 9.51. The van der Waals surface area contributed by atoms with E-state index in [-0.39, 0.29) is 72.6 Å². The van der Waals surface area contributed by atoms with Crippen LogP contribution in [0.5, 0.6) is 17.2 Å². The van der Waals surface area contributed by atoms with E-state index < -0.39 is 17.0 Å². The summed E-state index contributed by atoms with van der Waals surface area (Å²) in [6, 6.07) is 16.4. The third-order valence-corrected chi connectivity index (χ3v) is 16.8. The number of hydrogen-bond acceptors (Lipinski definition) is 10. The minimum Gasteiger partial charge on any atom is -0.508 e. The number of ketones is 1. The Kier molecular flexibility index (Phi) is 15.0. The fourth-order valence-electron chi connectivity index (χ4n) is 13.7. The molecule has 3 aromatic rings. The molecule has 7 atom stereocenters. The number of aryl methyl sites for hydroxylation is 1. The van der Waals surface area contributed by atoms with Gasteiger partial charge in [0.25, 0.3) is 0 Å². The number of methoxy groups -OCH3 is 1. The molecule has 1 aliphatic heterocycles. The minimum absolute atomic E-state index is 0.0474. The van der Waals surface area contributed by atoms with Gasteiger partial charge in [0.05, 0.1) is 37.5 Å². The molecule has 7 N–H and O–H groups in total. The number of aromatic hydroxyl groups is 2. The summed E-state index contributed by atoms with van der Waals surface area (Å²) in [5.41, 5.74) is 14.4. The first-order valence-electron chi connectivity index (χ1n) is 26.2. The van der Waals surface area contributed by atoms with Crippen molar-refractivity contribution in [2.75, 3.05) is 26.9 Å². The van der Waals surface area contributed by atoms with E-state index in [1.165, 1.54) is 11.1 Å². The van der Waals surface area contributed by atoms with Crippen LogP contribution < -0.4 is 15.8 Å². The summed E-state index contributed by atoms with van der Waals surface area (Å²) in [5, 5.41) is 50.7. The lowest BCUT2D eigenvalue weighted by Crippen LogP contribution is -2.51. The number of nitrogens with two attached hydrogens (primary N) is 1. The highest BCUT2D eigenvalue weighted by Gasteiger charge is 2.54. The normalized spacial score (nSPS) is 27.6. The number of nitrogens with one attached hydrogen (secondary N) is 1. The Bertz CT molecular complexity index is 2520. The number of guanidine groups is 1. The number of aliphatic hydroxyl groups excluding tert-OH is 2. The van der Waals surface area contributed by atoms with E-state index in [2.05, 4.69) is 60.5 Å². The molecule has 0 aromatic heterocycles. The fraction of sp³-hybridized carbons (Fsp3) is 0.559. The smallest absolute Gasteiger partial charge is 0.189 e. The van der Waals surface area contributed by atoms with E-state index in [9.17, 15) is 25.2 Å². The molecule has 6 aliphatic rings. The number of phenols is 2. The maximum Gasteiger partial charge on any atom is 0.189 e. The number of ether oxygens (including phenoxy) is 2. The molecule has 3 fully saturated rings. The van der Waals surface area contributed by atoms with Gasteiger partial charge in [0.15, 0.2) is 23.2 Å². The van der Waals surface area contributed by atoms with E-state index in [0.717, 1.165) is 105 Å². The second kappa shape index (κ2) is 21.1. The van der Waals surface area contributed by atoms with Crippen LogP contribution in [0.4, 0.5) is 0 Å². The van der Waals surface area contributed by atoms with E-state index in [1.54, 1.807) is 13.2 Å². The summed E-state index contributed by atoms with van der Waals surface area (Å²) in [6.07, 6.45) is 18.0. The van der Waals surface area contributed by atoms with Gasteiger partial charge in [0.1, 0.15) is 5.75 Å². The summed E-state index contributed by atoms with van der Waals surface area (Å²) in [7, 11) is 1.71. The number of allylic oxidation sites excluding steroid dienone is 2. The first-order valence-corrected chi connectivity index (χ1v) is 26.2. The number of aliphatic hydroxyl groups is 2. The van der Waals surface area contributed by atoms with Gasteiger partial charge in [-0.15, -0.1) is 0 Å². The van der Waals surface area contributed by atoms with Gasteiger partial charge in [-0.2, -0.15) is 0 Å². The molecule has 10 nitrogen and oxygen atoms in total. The highest BCUT2D eigenvalue weighted by Crippen LogP contribution is 2.62. The van der Waals surface area contributed by atoms with Gasteiger partial charge in [-0.25, -0.2) is 4.99 Å². The second-order valence-corrected chi connectivity index (χ2v) is 21.7. The SMILES string of the molecule is CCC/C(=C/C(=O)CCc1cc(OC2CCCC2)c(O)c2c1C#CC[C@H]1C[C@]3(CO)C=C4[C@@H](C[C@H](C)C[C@@H]4[C@H]2[C@H]3COC)c2cc(O)cc(c2)Cc2cccc(c2)C2(CCCCC2)NC(N)=N1)CO. The molecule has 9 rings (SSSR count). The van der Waals surface area contributed by atoms with Gasteiger partial charge >= 0.3 is 0 Å². The maximum absolute atomic E-state index is 13.7. The molecule has 1 spiro atoms. The number of fused-ring (bicyclic) bond motifs is 11. The van der Waals surface area contributed by atoms with Gasteiger partial charge < -0.3 is 41.0 Å². The lowest BCUT2D eigenvalue weighted by Gasteiger charge is -2.54. The molecule has 0 unspecified atom stereocenters. The predicted molar refractivity (Wildman–Crippen MR) is 272 cm³/mol. The van der Waals surface area contributed by atoms with E-state index in [0.29, 0.717) is 61.5 Å². The third kappa shape index (κ3) is 10.3.